The molecule has 7 heteroatoms. The zero-order chi connectivity index (χ0) is 15.6. The predicted molar refractivity (Wildman–Crippen MR) is 75.6 cm³/mol. The van der Waals surface area contributed by atoms with Gasteiger partial charge in [-0.3, -0.25) is 4.79 Å². The normalized spacial score (nSPS) is 10.7. The third-order valence-electron chi connectivity index (χ3n) is 2.79. The SMILES string of the molecule is CC(C)c1nc(Nc2ccc(C(=O)O)cc2F)cc(=O)[nH]1. The summed E-state index contributed by atoms with van der Waals surface area (Å²) in [6.07, 6.45) is 0. The summed E-state index contributed by atoms with van der Waals surface area (Å²) in [5.74, 6) is -1.25. The molecule has 2 aromatic rings. The summed E-state index contributed by atoms with van der Waals surface area (Å²) >= 11 is 0. The number of nitrogens with one attached hydrogen (secondary N) is 2. The van der Waals surface area contributed by atoms with E-state index in [1.54, 1.807) is 0 Å². The average molecular weight is 291 g/mol. The third-order valence-corrected chi connectivity index (χ3v) is 2.79. The number of rotatable bonds is 4. The smallest absolute Gasteiger partial charge is 0.335 e. The number of aromatic nitrogens is 2. The van der Waals surface area contributed by atoms with E-state index in [1.807, 2.05) is 13.8 Å². The lowest BCUT2D eigenvalue weighted by Gasteiger charge is -2.10. The lowest BCUT2D eigenvalue weighted by molar-refractivity contribution is 0.0696. The molecule has 0 saturated carbocycles. The van der Waals surface area contributed by atoms with Crippen LogP contribution in [0.5, 0.6) is 0 Å². The minimum atomic E-state index is -1.21. The van der Waals surface area contributed by atoms with E-state index in [-0.39, 0.29) is 28.5 Å². The molecule has 6 nitrogen and oxygen atoms in total. The molecule has 1 aromatic carbocycles. The van der Waals surface area contributed by atoms with Gasteiger partial charge in [-0.2, -0.15) is 0 Å². The summed E-state index contributed by atoms with van der Waals surface area (Å²) in [7, 11) is 0. The Hall–Kier alpha value is -2.70. The lowest BCUT2D eigenvalue weighted by Crippen LogP contribution is -2.13. The zero-order valence-electron chi connectivity index (χ0n) is 11.5. The highest BCUT2D eigenvalue weighted by Gasteiger charge is 2.10. The van der Waals surface area contributed by atoms with E-state index in [4.69, 9.17) is 5.11 Å². The number of aromatic amines is 1. The van der Waals surface area contributed by atoms with Gasteiger partial charge in [0.1, 0.15) is 17.5 Å². The van der Waals surface area contributed by atoms with Crippen LogP contribution in [-0.2, 0) is 0 Å². The van der Waals surface area contributed by atoms with E-state index in [1.165, 1.54) is 18.2 Å². The third kappa shape index (κ3) is 3.44. The van der Waals surface area contributed by atoms with E-state index in [2.05, 4.69) is 15.3 Å². The Bertz CT molecular complexity index is 740. The molecule has 0 unspecified atom stereocenters. The first-order chi connectivity index (χ1) is 9.86. The Kier molecular flexibility index (Phi) is 4.02. The Balaban J connectivity index is 2.34. The van der Waals surface area contributed by atoms with Crippen molar-refractivity contribution in [3.63, 3.8) is 0 Å². The fraction of sp³-hybridized carbons (Fsp3) is 0.214. The summed E-state index contributed by atoms with van der Waals surface area (Å²) in [4.78, 5) is 29.0. The van der Waals surface area contributed by atoms with Crippen LogP contribution in [0, 0.1) is 5.82 Å². The van der Waals surface area contributed by atoms with Crippen LogP contribution in [0.2, 0.25) is 0 Å². The van der Waals surface area contributed by atoms with Crippen LogP contribution in [0.15, 0.2) is 29.1 Å². The number of aromatic carboxylic acids is 1. The highest BCUT2D eigenvalue weighted by molar-refractivity contribution is 5.88. The quantitative estimate of drug-likeness (QED) is 0.804. The number of carbonyl (C=O) groups is 1. The number of carboxylic acid groups (broad SMARTS) is 1. The molecule has 0 atom stereocenters. The van der Waals surface area contributed by atoms with Crippen LogP contribution in [-0.4, -0.2) is 21.0 Å². The van der Waals surface area contributed by atoms with E-state index >= 15 is 0 Å². The molecule has 0 aliphatic heterocycles. The highest BCUT2D eigenvalue weighted by Crippen LogP contribution is 2.20. The van der Waals surface area contributed by atoms with Crippen LogP contribution >= 0.6 is 0 Å². The van der Waals surface area contributed by atoms with Crippen molar-refractivity contribution in [1.82, 2.24) is 9.97 Å². The number of nitrogens with zero attached hydrogens (tertiary/aromatic N) is 1. The zero-order valence-corrected chi connectivity index (χ0v) is 11.5. The molecular formula is C14H14FN3O3. The predicted octanol–water partition coefficient (Wildman–Crippen LogP) is 2.47. The molecule has 0 aliphatic rings. The van der Waals surface area contributed by atoms with E-state index in [0.717, 1.165) is 6.07 Å². The first-order valence-electron chi connectivity index (χ1n) is 6.28. The molecule has 0 fully saturated rings. The summed E-state index contributed by atoms with van der Waals surface area (Å²) in [5, 5.41) is 11.5. The minimum Gasteiger partial charge on any atom is -0.478 e. The van der Waals surface area contributed by atoms with Crippen molar-refractivity contribution in [2.24, 2.45) is 0 Å². The number of carboxylic acids is 1. The first kappa shape index (κ1) is 14.7. The average Bonchev–Trinajstić information content (AvgIpc) is 2.40. The van der Waals surface area contributed by atoms with Gasteiger partial charge in [0.15, 0.2) is 0 Å². The van der Waals surface area contributed by atoms with E-state index in [9.17, 15) is 14.0 Å². The fourth-order valence-electron chi connectivity index (χ4n) is 1.70. The Morgan fingerprint density at radius 3 is 2.67 bits per heavy atom. The molecule has 1 aromatic heterocycles. The molecule has 2 rings (SSSR count). The fourth-order valence-corrected chi connectivity index (χ4v) is 1.70. The van der Waals surface area contributed by atoms with Crippen molar-refractivity contribution in [1.29, 1.82) is 0 Å². The van der Waals surface area contributed by atoms with Crippen molar-refractivity contribution in [3.8, 4) is 0 Å². The van der Waals surface area contributed by atoms with Gasteiger partial charge >= 0.3 is 5.97 Å². The summed E-state index contributed by atoms with van der Waals surface area (Å²) in [6.45, 7) is 3.73. The monoisotopic (exact) mass is 291 g/mol. The molecule has 0 aliphatic carbocycles. The number of benzene rings is 1. The van der Waals surface area contributed by atoms with Crippen molar-refractivity contribution >= 4 is 17.5 Å². The Morgan fingerprint density at radius 1 is 1.38 bits per heavy atom. The van der Waals surface area contributed by atoms with Gasteiger partial charge < -0.3 is 15.4 Å². The lowest BCUT2D eigenvalue weighted by atomic mass is 10.2. The maximum absolute atomic E-state index is 13.8. The topological polar surface area (TPSA) is 95.1 Å². The van der Waals surface area contributed by atoms with Crippen molar-refractivity contribution in [2.75, 3.05) is 5.32 Å². The van der Waals surface area contributed by atoms with Crippen molar-refractivity contribution in [2.45, 2.75) is 19.8 Å². The molecular weight excluding hydrogens is 277 g/mol. The molecule has 3 N–H and O–H groups in total. The van der Waals surface area contributed by atoms with Crippen molar-refractivity contribution in [3.05, 3.63) is 51.8 Å². The van der Waals surface area contributed by atoms with E-state index < -0.39 is 11.8 Å². The molecule has 0 radical (unpaired) electrons. The van der Waals surface area contributed by atoms with Gasteiger partial charge in [-0.15, -0.1) is 0 Å². The molecule has 21 heavy (non-hydrogen) atoms. The van der Waals surface area contributed by atoms with Crippen molar-refractivity contribution < 1.29 is 14.3 Å². The van der Waals surface area contributed by atoms with E-state index in [0.29, 0.717) is 5.82 Å². The number of anilines is 2. The van der Waals surface area contributed by atoms with Gasteiger partial charge in [0.2, 0.25) is 0 Å². The second kappa shape index (κ2) is 5.74. The number of halogens is 1. The first-order valence-corrected chi connectivity index (χ1v) is 6.28. The van der Waals surface area contributed by atoms with Crippen LogP contribution < -0.4 is 10.9 Å². The maximum atomic E-state index is 13.8. The van der Waals surface area contributed by atoms with Crippen LogP contribution in [0.1, 0.15) is 35.9 Å². The molecule has 0 spiro atoms. The highest BCUT2D eigenvalue weighted by atomic mass is 19.1. The molecule has 110 valence electrons. The van der Waals surface area contributed by atoms with Gasteiger partial charge in [0, 0.05) is 12.0 Å². The second-order valence-electron chi connectivity index (χ2n) is 4.80. The summed E-state index contributed by atoms with van der Waals surface area (Å²) < 4.78 is 13.8. The maximum Gasteiger partial charge on any atom is 0.335 e. The molecule has 0 saturated heterocycles. The van der Waals surface area contributed by atoms with Gasteiger partial charge in [0.25, 0.3) is 5.56 Å². The largest absolute Gasteiger partial charge is 0.478 e. The number of hydrogen-bond donors (Lipinski definition) is 3. The second-order valence-corrected chi connectivity index (χ2v) is 4.80. The standard InChI is InChI=1S/C14H14FN3O3/c1-7(2)13-17-11(6-12(19)18-13)16-10-4-3-8(14(20)21)5-9(10)15/h3-7H,1-2H3,(H,20,21)(H2,16,17,18,19). The van der Waals surface area contributed by atoms with Crippen LogP contribution in [0.4, 0.5) is 15.9 Å². The van der Waals surface area contributed by atoms with Gasteiger partial charge in [0.05, 0.1) is 11.3 Å². The Morgan fingerprint density at radius 2 is 2.10 bits per heavy atom. The number of H-pyrrole nitrogens is 1. The van der Waals surface area contributed by atoms with Crippen LogP contribution in [0.25, 0.3) is 0 Å². The number of hydrogen-bond acceptors (Lipinski definition) is 4. The molecule has 0 bridgehead atoms. The summed E-state index contributed by atoms with van der Waals surface area (Å²) in [6, 6.07) is 4.67. The van der Waals surface area contributed by atoms with Crippen LogP contribution in [0.3, 0.4) is 0 Å². The van der Waals surface area contributed by atoms with Gasteiger partial charge in [-0.25, -0.2) is 14.2 Å². The minimum absolute atomic E-state index is 0.0127. The molecule has 0 amide bonds. The van der Waals surface area contributed by atoms with Gasteiger partial charge in [-0.05, 0) is 18.2 Å². The summed E-state index contributed by atoms with van der Waals surface area (Å²) in [5.41, 5.74) is -0.452. The molecule has 1 heterocycles. The Labute approximate surface area is 119 Å². The van der Waals surface area contributed by atoms with Gasteiger partial charge in [-0.1, -0.05) is 13.8 Å².